The van der Waals surface area contributed by atoms with Crippen LogP contribution in [0.1, 0.15) is 11.1 Å². The van der Waals surface area contributed by atoms with Gasteiger partial charge in [0.05, 0.1) is 12.6 Å². The van der Waals surface area contributed by atoms with E-state index >= 15 is 0 Å². The number of anilines is 1. The van der Waals surface area contributed by atoms with Crippen molar-refractivity contribution < 1.29 is 5.11 Å². The molecule has 0 saturated carbocycles. The van der Waals surface area contributed by atoms with Gasteiger partial charge in [0.2, 0.25) is 0 Å². The maximum Gasteiger partial charge on any atom is 0.0636 e. The smallest absolute Gasteiger partial charge is 0.0636 e. The van der Waals surface area contributed by atoms with Gasteiger partial charge < -0.3 is 10.4 Å². The van der Waals surface area contributed by atoms with E-state index in [0.29, 0.717) is 0 Å². The van der Waals surface area contributed by atoms with Gasteiger partial charge in [-0.1, -0.05) is 48.0 Å². The summed E-state index contributed by atoms with van der Waals surface area (Å²) >= 11 is 0. The van der Waals surface area contributed by atoms with E-state index in [4.69, 9.17) is 0 Å². The Kier molecular flexibility index (Phi) is 4.37. The minimum atomic E-state index is 0.0510. The number of hydrogen-bond donors (Lipinski definition) is 2. The molecule has 0 saturated heterocycles. The van der Waals surface area contributed by atoms with Gasteiger partial charge in [-0.05, 0) is 31.0 Å². The van der Waals surface area contributed by atoms with Crippen molar-refractivity contribution in [2.24, 2.45) is 0 Å². The van der Waals surface area contributed by atoms with Gasteiger partial charge in [-0.25, -0.2) is 0 Å². The molecule has 2 aromatic carbocycles. The molecule has 2 N–H and O–H groups in total. The zero-order valence-electron chi connectivity index (χ0n) is 10.6. The summed E-state index contributed by atoms with van der Waals surface area (Å²) in [4.78, 5) is 0. The van der Waals surface area contributed by atoms with Crippen LogP contribution >= 0.6 is 0 Å². The van der Waals surface area contributed by atoms with Crippen LogP contribution in [0.4, 0.5) is 5.69 Å². The van der Waals surface area contributed by atoms with Gasteiger partial charge in [-0.15, -0.1) is 0 Å². The predicted octanol–water partition coefficient (Wildman–Crippen LogP) is 3.01. The quantitative estimate of drug-likeness (QED) is 0.843. The van der Waals surface area contributed by atoms with Crippen LogP contribution in [-0.2, 0) is 6.42 Å². The molecule has 1 atom stereocenters. The summed E-state index contributed by atoms with van der Waals surface area (Å²) in [6, 6.07) is 18.5. The van der Waals surface area contributed by atoms with Crippen LogP contribution in [0.25, 0.3) is 0 Å². The first-order valence-electron chi connectivity index (χ1n) is 6.26. The first-order chi connectivity index (χ1) is 8.78. The molecular formula is C16H19NO. The molecule has 0 bridgehead atoms. The third kappa shape index (κ3) is 3.60. The number of rotatable bonds is 5. The summed E-state index contributed by atoms with van der Waals surface area (Å²) in [5.74, 6) is 0. The normalized spacial score (nSPS) is 12.1. The van der Waals surface area contributed by atoms with Gasteiger partial charge in [0.25, 0.3) is 0 Å². The van der Waals surface area contributed by atoms with Crippen molar-refractivity contribution in [2.45, 2.75) is 19.4 Å². The highest BCUT2D eigenvalue weighted by atomic mass is 16.3. The zero-order chi connectivity index (χ0) is 12.8. The lowest BCUT2D eigenvalue weighted by Gasteiger charge is -2.17. The van der Waals surface area contributed by atoms with Crippen LogP contribution in [0.3, 0.4) is 0 Å². The molecule has 0 heterocycles. The Morgan fingerprint density at radius 2 is 1.67 bits per heavy atom. The summed E-state index contributed by atoms with van der Waals surface area (Å²) in [5.41, 5.74) is 3.52. The molecule has 94 valence electrons. The standard InChI is InChI=1S/C16H19NO/c1-13-7-9-15(10-8-13)17-16(12-18)11-14-5-3-2-4-6-14/h2-10,16-18H,11-12H2,1H3/t16-/m0/s1. The summed E-state index contributed by atoms with van der Waals surface area (Å²) in [6.07, 6.45) is 0.825. The molecule has 2 rings (SSSR count). The van der Waals surface area contributed by atoms with Gasteiger partial charge in [0, 0.05) is 5.69 Å². The predicted molar refractivity (Wildman–Crippen MR) is 75.8 cm³/mol. The Morgan fingerprint density at radius 3 is 2.28 bits per heavy atom. The molecule has 0 amide bonds. The molecule has 0 aromatic heterocycles. The van der Waals surface area contributed by atoms with E-state index in [0.717, 1.165) is 12.1 Å². The molecule has 2 aromatic rings. The monoisotopic (exact) mass is 241 g/mol. The Balaban J connectivity index is 1.99. The largest absolute Gasteiger partial charge is 0.394 e. The van der Waals surface area contributed by atoms with Crippen molar-refractivity contribution in [3.8, 4) is 0 Å². The number of aliphatic hydroxyl groups excluding tert-OH is 1. The highest BCUT2D eigenvalue weighted by Crippen LogP contribution is 2.12. The average Bonchev–Trinajstić information content (AvgIpc) is 2.41. The second-order valence-corrected chi connectivity index (χ2v) is 4.58. The summed E-state index contributed by atoms with van der Waals surface area (Å²) < 4.78 is 0. The SMILES string of the molecule is Cc1ccc(N[C@H](CO)Cc2ccccc2)cc1. The van der Waals surface area contributed by atoms with Crippen LogP contribution in [-0.4, -0.2) is 17.8 Å². The first kappa shape index (κ1) is 12.7. The number of hydrogen-bond acceptors (Lipinski definition) is 2. The number of aryl methyl sites for hydroxylation is 1. The van der Waals surface area contributed by atoms with E-state index in [9.17, 15) is 5.11 Å². The molecule has 0 aliphatic carbocycles. The topological polar surface area (TPSA) is 32.3 Å². The average molecular weight is 241 g/mol. The van der Waals surface area contributed by atoms with Gasteiger partial charge in [0.15, 0.2) is 0 Å². The molecule has 0 radical (unpaired) electrons. The maximum absolute atomic E-state index is 9.44. The van der Waals surface area contributed by atoms with Crippen LogP contribution in [0.5, 0.6) is 0 Å². The Morgan fingerprint density at radius 1 is 1.00 bits per heavy atom. The zero-order valence-corrected chi connectivity index (χ0v) is 10.6. The fourth-order valence-electron chi connectivity index (χ4n) is 1.95. The minimum absolute atomic E-state index is 0.0510. The summed E-state index contributed by atoms with van der Waals surface area (Å²) in [7, 11) is 0. The van der Waals surface area contributed by atoms with E-state index in [-0.39, 0.29) is 12.6 Å². The summed E-state index contributed by atoms with van der Waals surface area (Å²) in [6.45, 7) is 2.19. The van der Waals surface area contributed by atoms with Crippen LogP contribution in [0.2, 0.25) is 0 Å². The van der Waals surface area contributed by atoms with Crippen molar-refractivity contribution in [1.82, 2.24) is 0 Å². The lowest BCUT2D eigenvalue weighted by Crippen LogP contribution is -2.26. The van der Waals surface area contributed by atoms with Crippen molar-refractivity contribution >= 4 is 5.69 Å². The second kappa shape index (κ2) is 6.22. The molecule has 0 spiro atoms. The van der Waals surface area contributed by atoms with E-state index in [1.54, 1.807) is 0 Å². The van der Waals surface area contributed by atoms with Crippen LogP contribution in [0, 0.1) is 6.92 Å². The molecular weight excluding hydrogens is 222 g/mol. The third-order valence-electron chi connectivity index (χ3n) is 2.97. The molecule has 18 heavy (non-hydrogen) atoms. The highest BCUT2D eigenvalue weighted by Gasteiger charge is 2.07. The fraction of sp³-hybridized carbons (Fsp3) is 0.250. The molecule has 2 heteroatoms. The van der Waals surface area contributed by atoms with Gasteiger partial charge in [-0.2, -0.15) is 0 Å². The lowest BCUT2D eigenvalue weighted by atomic mass is 10.1. The minimum Gasteiger partial charge on any atom is -0.394 e. The Hall–Kier alpha value is -1.80. The van der Waals surface area contributed by atoms with E-state index in [1.807, 2.05) is 30.3 Å². The van der Waals surface area contributed by atoms with Crippen molar-refractivity contribution in [3.05, 3.63) is 65.7 Å². The fourth-order valence-corrected chi connectivity index (χ4v) is 1.95. The Labute approximate surface area is 108 Å². The summed E-state index contributed by atoms with van der Waals surface area (Å²) in [5, 5.41) is 12.8. The molecule has 0 aliphatic rings. The van der Waals surface area contributed by atoms with Gasteiger partial charge in [0.1, 0.15) is 0 Å². The third-order valence-corrected chi connectivity index (χ3v) is 2.97. The number of aliphatic hydroxyl groups is 1. The number of nitrogens with one attached hydrogen (secondary N) is 1. The van der Waals surface area contributed by atoms with Crippen LogP contribution < -0.4 is 5.32 Å². The molecule has 0 aliphatic heterocycles. The highest BCUT2D eigenvalue weighted by molar-refractivity contribution is 5.45. The van der Waals surface area contributed by atoms with Crippen molar-refractivity contribution in [3.63, 3.8) is 0 Å². The van der Waals surface area contributed by atoms with Gasteiger partial charge >= 0.3 is 0 Å². The molecule has 2 nitrogen and oxygen atoms in total. The lowest BCUT2D eigenvalue weighted by molar-refractivity contribution is 0.273. The van der Waals surface area contributed by atoms with Crippen molar-refractivity contribution in [1.29, 1.82) is 0 Å². The first-order valence-corrected chi connectivity index (χ1v) is 6.26. The number of benzene rings is 2. The molecule has 0 fully saturated rings. The van der Waals surface area contributed by atoms with Gasteiger partial charge in [-0.3, -0.25) is 0 Å². The van der Waals surface area contributed by atoms with Crippen molar-refractivity contribution in [2.75, 3.05) is 11.9 Å². The molecule has 0 unspecified atom stereocenters. The van der Waals surface area contributed by atoms with E-state index in [2.05, 4.69) is 36.5 Å². The van der Waals surface area contributed by atoms with Crippen LogP contribution in [0.15, 0.2) is 54.6 Å². The Bertz CT molecular complexity index is 464. The maximum atomic E-state index is 9.44. The van der Waals surface area contributed by atoms with E-state index < -0.39 is 0 Å². The second-order valence-electron chi connectivity index (χ2n) is 4.58. The van der Waals surface area contributed by atoms with E-state index in [1.165, 1.54) is 11.1 Å².